The van der Waals surface area contributed by atoms with Crippen LogP contribution in [-0.4, -0.2) is 14.5 Å². The number of aromatic nitrogens is 3. The Bertz CT molecular complexity index is 817. The zero-order valence-electron chi connectivity index (χ0n) is 9.51. The Morgan fingerprint density at radius 2 is 2.00 bits per heavy atom. The summed E-state index contributed by atoms with van der Waals surface area (Å²) in [5.41, 5.74) is 1.44. The number of nitriles is 1. The largest absolute Gasteiger partial charge is 0.277 e. The summed E-state index contributed by atoms with van der Waals surface area (Å²) in [6.07, 6.45) is 1.72. The Kier molecular flexibility index (Phi) is 3.40. The van der Waals surface area contributed by atoms with Gasteiger partial charge < -0.3 is 0 Å². The monoisotopic (exact) mass is 472 g/mol. The lowest BCUT2D eigenvalue weighted by molar-refractivity contribution is 0.980. The van der Waals surface area contributed by atoms with Crippen molar-refractivity contribution in [3.8, 4) is 11.9 Å². The van der Waals surface area contributed by atoms with Gasteiger partial charge in [0.15, 0.2) is 0 Å². The number of halogens is 2. The predicted molar refractivity (Wildman–Crippen MR) is 89.0 cm³/mol. The highest BCUT2D eigenvalue weighted by Crippen LogP contribution is 2.22. The third kappa shape index (κ3) is 2.21. The molecule has 19 heavy (non-hydrogen) atoms. The van der Waals surface area contributed by atoms with Crippen molar-refractivity contribution in [2.75, 3.05) is 0 Å². The topological polar surface area (TPSA) is 54.5 Å². The van der Waals surface area contributed by atoms with Gasteiger partial charge in [0.1, 0.15) is 19.5 Å². The molecule has 92 valence electrons. The van der Waals surface area contributed by atoms with E-state index in [-0.39, 0.29) is 0 Å². The molecule has 0 radical (unpaired) electrons. The Balaban J connectivity index is 2.32. The Hall–Kier alpha value is -1.21. The highest BCUT2D eigenvalue weighted by Gasteiger charge is 2.11. The molecule has 0 atom stereocenters. The predicted octanol–water partition coefficient (Wildman–Crippen LogP) is 3.50. The molecule has 3 rings (SSSR count). The van der Waals surface area contributed by atoms with Crippen molar-refractivity contribution >= 4 is 56.1 Å². The van der Waals surface area contributed by atoms with E-state index in [2.05, 4.69) is 61.2 Å². The molecule has 4 nitrogen and oxygen atoms in total. The number of para-hydroxylation sites is 1. The molecule has 0 unspecified atom stereocenters. The van der Waals surface area contributed by atoms with Gasteiger partial charge in [0.05, 0.1) is 17.1 Å². The van der Waals surface area contributed by atoms with Crippen molar-refractivity contribution in [3.05, 3.63) is 49.6 Å². The maximum atomic E-state index is 9.28. The van der Waals surface area contributed by atoms with Crippen LogP contribution in [0.3, 0.4) is 0 Å². The number of fused-ring (bicyclic) bond motifs is 1. The van der Waals surface area contributed by atoms with Crippen LogP contribution in [-0.2, 0) is 0 Å². The van der Waals surface area contributed by atoms with E-state index in [0.717, 1.165) is 24.1 Å². The smallest absolute Gasteiger partial charge is 0.140 e. The van der Waals surface area contributed by atoms with Crippen LogP contribution in [0.4, 0.5) is 0 Å². The first kappa shape index (κ1) is 12.8. The molecule has 0 saturated heterocycles. The van der Waals surface area contributed by atoms with E-state index >= 15 is 0 Å². The second-order valence-corrected chi connectivity index (χ2v) is 5.90. The fourth-order valence-electron chi connectivity index (χ4n) is 1.85. The summed E-state index contributed by atoms with van der Waals surface area (Å²) in [7, 11) is 0. The van der Waals surface area contributed by atoms with Crippen molar-refractivity contribution in [2.45, 2.75) is 0 Å². The molecule has 0 N–H and O–H groups in total. The first-order chi connectivity index (χ1) is 9.20. The molecule has 0 aliphatic carbocycles. The number of pyridine rings is 1. The summed E-state index contributed by atoms with van der Waals surface area (Å²) < 4.78 is 3.80. The highest BCUT2D eigenvalue weighted by atomic mass is 127. The molecule has 0 aliphatic heterocycles. The van der Waals surface area contributed by atoms with E-state index in [4.69, 9.17) is 0 Å². The number of benzene rings is 1. The van der Waals surface area contributed by atoms with Crippen LogP contribution in [0.1, 0.15) is 5.56 Å². The van der Waals surface area contributed by atoms with Crippen LogP contribution in [0.15, 0.2) is 36.7 Å². The third-order valence-corrected chi connectivity index (χ3v) is 5.59. The summed E-state index contributed by atoms with van der Waals surface area (Å²) in [5.74, 6) is 0.718. The van der Waals surface area contributed by atoms with Gasteiger partial charge in [-0.25, -0.2) is 9.97 Å². The molecule has 0 spiro atoms. The van der Waals surface area contributed by atoms with Gasteiger partial charge in [0.2, 0.25) is 0 Å². The normalized spacial score (nSPS) is 10.6. The van der Waals surface area contributed by atoms with Gasteiger partial charge in [0, 0.05) is 5.39 Å². The van der Waals surface area contributed by atoms with E-state index in [1.165, 1.54) is 0 Å². The van der Waals surface area contributed by atoms with E-state index in [9.17, 15) is 5.26 Å². The Labute approximate surface area is 136 Å². The van der Waals surface area contributed by atoms with Crippen LogP contribution in [0.2, 0.25) is 0 Å². The third-order valence-electron chi connectivity index (χ3n) is 2.74. The van der Waals surface area contributed by atoms with Crippen LogP contribution in [0, 0.1) is 18.7 Å². The standard InChI is InChI=1S/C13H6I2N4/c14-12-13(15)19(7-17-12)11-5-8(6-16)9-3-1-2-4-10(9)18-11/h1-5,7H. The number of nitrogens with zero attached hydrogens (tertiary/aromatic N) is 4. The van der Waals surface area contributed by atoms with E-state index in [1.54, 1.807) is 12.4 Å². The molecule has 1 aromatic carbocycles. The number of hydrogen-bond acceptors (Lipinski definition) is 3. The molecule has 0 bridgehead atoms. The lowest BCUT2D eigenvalue weighted by atomic mass is 10.1. The minimum Gasteiger partial charge on any atom is -0.277 e. The average Bonchev–Trinajstić information content (AvgIpc) is 2.78. The molecular formula is C13H6I2N4. The van der Waals surface area contributed by atoms with E-state index < -0.39 is 0 Å². The second-order valence-electron chi connectivity index (χ2n) is 3.85. The molecule has 0 fully saturated rings. The van der Waals surface area contributed by atoms with Gasteiger partial charge in [-0.05, 0) is 57.3 Å². The molecule has 0 aliphatic rings. The number of hydrogen-bond donors (Lipinski definition) is 0. The fourth-order valence-corrected chi connectivity index (χ4v) is 2.74. The van der Waals surface area contributed by atoms with Crippen LogP contribution >= 0.6 is 45.2 Å². The number of rotatable bonds is 1. The summed E-state index contributed by atoms with van der Waals surface area (Å²) in [6.45, 7) is 0. The molecule has 2 aromatic heterocycles. The van der Waals surface area contributed by atoms with Crippen molar-refractivity contribution in [2.24, 2.45) is 0 Å². The van der Waals surface area contributed by atoms with Crippen molar-refractivity contribution in [1.29, 1.82) is 5.26 Å². The van der Waals surface area contributed by atoms with Gasteiger partial charge in [0.25, 0.3) is 0 Å². The maximum Gasteiger partial charge on any atom is 0.140 e. The number of imidazole rings is 1. The first-order valence-corrected chi connectivity index (χ1v) is 7.55. The molecular weight excluding hydrogens is 466 g/mol. The molecule has 6 heteroatoms. The lowest BCUT2D eigenvalue weighted by Gasteiger charge is -2.06. The molecule has 2 heterocycles. The summed E-state index contributed by atoms with van der Waals surface area (Å²) >= 11 is 4.40. The van der Waals surface area contributed by atoms with Gasteiger partial charge in [-0.15, -0.1) is 0 Å². The van der Waals surface area contributed by atoms with Crippen molar-refractivity contribution in [3.63, 3.8) is 0 Å². The van der Waals surface area contributed by atoms with E-state index in [0.29, 0.717) is 5.56 Å². The van der Waals surface area contributed by atoms with Crippen molar-refractivity contribution in [1.82, 2.24) is 14.5 Å². The highest BCUT2D eigenvalue weighted by molar-refractivity contribution is 14.1. The van der Waals surface area contributed by atoms with Gasteiger partial charge in [-0.1, -0.05) is 18.2 Å². The van der Waals surface area contributed by atoms with Gasteiger partial charge in [-0.2, -0.15) is 5.26 Å². The minimum absolute atomic E-state index is 0.625. The van der Waals surface area contributed by atoms with Crippen LogP contribution < -0.4 is 0 Å². The maximum absolute atomic E-state index is 9.28. The summed E-state index contributed by atoms with van der Waals surface area (Å²) in [6, 6.07) is 11.7. The summed E-state index contributed by atoms with van der Waals surface area (Å²) in [4.78, 5) is 8.84. The van der Waals surface area contributed by atoms with Crippen molar-refractivity contribution < 1.29 is 0 Å². The minimum atomic E-state index is 0.625. The zero-order valence-corrected chi connectivity index (χ0v) is 13.8. The van der Waals surface area contributed by atoms with Gasteiger partial charge >= 0.3 is 0 Å². The Morgan fingerprint density at radius 1 is 1.21 bits per heavy atom. The second kappa shape index (κ2) is 5.05. The molecule has 0 amide bonds. The fraction of sp³-hybridized carbons (Fsp3) is 0. The molecule has 3 aromatic rings. The SMILES string of the molecule is N#Cc1cc(-n2cnc(I)c2I)nc2ccccc12. The molecule has 0 saturated carbocycles. The van der Waals surface area contributed by atoms with Crippen LogP contribution in [0.25, 0.3) is 16.7 Å². The van der Waals surface area contributed by atoms with E-state index in [1.807, 2.05) is 28.8 Å². The zero-order chi connectivity index (χ0) is 13.4. The quantitative estimate of drug-likeness (QED) is 0.510. The van der Waals surface area contributed by atoms with Crippen LogP contribution in [0.5, 0.6) is 0 Å². The Morgan fingerprint density at radius 3 is 2.68 bits per heavy atom. The summed E-state index contributed by atoms with van der Waals surface area (Å²) in [5, 5.41) is 10.1. The average molecular weight is 472 g/mol. The lowest BCUT2D eigenvalue weighted by Crippen LogP contribution is -2.00. The van der Waals surface area contributed by atoms with Gasteiger partial charge in [-0.3, -0.25) is 4.57 Å². The first-order valence-electron chi connectivity index (χ1n) is 5.39.